The van der Waals surface area contributed by atoms with Crippen molar-refractivity contribution in [3.05, 3.63) is 0 Å². The molecular weight excluding hydrogens is 264 g/mol. The van der Waals surface area contributed by atoms with E-state index in [0.717, 1.165) is 44.7 Å². The van der Waals surface area contributed by atoms with Gasteiger partial charge in [0.15, 0.2) is 0 Å². The summed E-state index contributed by atoms with van der Waals surface area (Å²) in [5.74, 6) is 0.765. The first-order chi connectivity index (χ1) is 9.89. The van der Waals surface area contributed by atoms with Gasteiger partial charge < -0.3 is 10.4 Å². The fourth-order valence-electron chi connectivity index (χ4n) is 4.34. The topological polar surface area (TPSA) is 52.6 Å². The van der Waals surface area contributed by atoms with Crippen LogP contribution < -0.4 is 5.32 Å². The molecule has 122 valence electrons. The second-order valence-electron chi connectivity index (χ2n) is 7.47. The first-order valence-corrected chi connectivity index (χ1v) is 8.63. The minimum atomic E-state index is -0.690. The molecular formula is C17H32N2O2. The Kier molecular flexibility index (Phi) is 5.31. The average Bonchev–Trinajstić information content (AvgIpc) is 2.86. The van der Waals surface area contributed by atoms with E-state index in [1.54, 1.807) is 0 Å². The highest BCUT2D eigenvalue weighted by Gasteiger charge is 2.48. The zero-order valence-electron chi connectivity index (χ0n) is 14.1. The molecule has 1 heterocycles. The van der Waals surface area contributed by atoms with Crippen LogP contribution in [0.3, 0.4) is 0 Å². The Morgan fingerprint density at radius 2 is 2.10 bits per heavy atom. The van der Waals surface area contributed by atoms with E-state index in [-0.39, 0.29) is 0 Å². The number of piperidine rings is 1. The summed E-state index contributed by atoms with van der Waals surface area (Å²) in [5, 5.41) is 13.0. The maximum Gasteiger partial charge on any atom is 0.323 e. The molecule has 5 unspecified atom stereocenters. The molecule has 21 heavy (non-hydrogen) atoms. The molecule has 1 aliphatic heterocycles. The van der Waals surface area contributed by atoms with Crippen LogP contribution >= 0.6 is 0 Å². The van der Waals surface area contributed by atoms with E-state index >= 15 is 0 Å². The highest BCUT2D eigenvalue weighted by atomic mass is 16.4. The number of nitrogens with zero attached hydrogens (tertiary/aromatic N) is 1. The van der Waals surface area contributed by atoms with Crippen LogP contribution in [-0.4, -0.2) is 46.7 Å². The van der Waals surface area contributed by atoms with Crippen LogP contribution in [0, 0.1) is 11.8 Å². The lowest BCUT2D eigenvalue weighted by Gasteiger charge is -2.44. The van der Waals surface area contributed by atoms with E-state index in [1.165, 1.54) is 6.42 Å². The molecule has 0 spiro atoms. The summed E-state index contributed by atoms with van der Waals surface area (Å²) in [6, 6.07) is 0.993. The van der Waals surface area contributed by atoms with Crippen LogP contribution in [0.15, 0.2) is 0 Å². The minimum Gasteiger partial charge on any atom is -0.480 e. The Morgan fingerprint density at radius 3 is 2.71 bits per heavy atom. The van der Waals surface area contributed by atoms with Crippen molar-refractivity contribution in [2.45, 2.75) is 77.4 Å². The van der Waals surface area contributed by atoms with Crippen molar-refractivity contribution in [2.24, 2.45) is 11.8 Å². The number of carboxylic acid groups (broad SMARTS) is 1. The third kappa shape index (κ3) is 3.42. The van der Waals surface area contributed by atoms with Gasteiger partial charge in [0, 0.05) is 18.6 Å². The molecule has 4 nitrogen and oxygen atoms in total. The third-order valence-electron chi connectivity index (χ3n) is 5.72. The van der Waals surface area contributed by atoms with Gasteiger partial charge in [-0.25, -0.2) is 0 Å². The van der Waals surface area contributed by atoms with Gasteiger partial charge in [0.1, 0.15) is 5.54 Å². The molecule has 1 saturated heterocycles. The maximum absolute atomic E-state index is 11.8. The molecule has 0 aromatic heterocycles. The lowest BCUT2D eigenvalue weighted by Crippen LogP contribution is -2.54. The molecule has 0 radical (unpaired) electrons. The SMILES string of the molecule is CCCNC1(C(=O)O)CCC(N2CC(C)CC(C)C2C)C1. The zero-order valence-corrected chi connectivity index (χ0v) is 14.1. The maximum atomic E-state index is 11.8. The van der Waals surface area contributed by atoms with E-state index in [1.807, 2.05) is 0 Å². The predicted octanol–water partition coefficient (Wildman–Crippen LogP) is 2.73. The van der Waals surface area contributed by atoms with Gasteiger partial charge in [0.05, 0.1) is 0 Å². The highest BCUT2D eigenvalue weighted by molar-refractivity contribution is 5.79. The first-order valence-electron chi connectivity index (χ1n) is 8.63. The number of carbonyl (C=O) groups is 1. The quantitative estimate of drug-likeness (QED) is 0.819. The number of likely N-dealkylation sites (tertiary alicyclic amines) is 1. The van der Waals surface area contributed by atoms with Gasteiger partial charge in [0.2, 0.25) is 0 Å². The summed E-state index contributed by atoms with van der Waals surface area (Å²) in [6.07, 6.45) is 4.80. The molecule has 0 bridgehead atoms. The molecule has 1 aliphatic carbocycles. The molecule has 0 amide bonds. The standard InChI is InChI=1S/C17H32N2O2/c1-5-8-18-17(16(20)21)7-6-15(10-17)19-11-12(2)9-13(3)14(19)4/h12-15,18H,5-11H2,1-4H3,(H,20,21). The second-order valence-corrected chi connectivity index (χ2v) is 7.47. The second kappa shape index (κ2) is 6.66. The number of rotatable bonds is 5. The van der Waals surface area contributed by atoms with Crippen molar-refractivity contribution in [1.29, 1.82) is 0 Å². The van der Waals surface area contributed by atoms with Crippen LogP contribution in [0.4, 0.5) is 0 Å². The molecule has 2 aliphatic rings. The Bertz CT molecular complexity index is 374. The van der Waals surface area contributed by atoms with Gasteiger partial charge in [0.25, 0.3) is 0 Å². The van der Waals surface area contributed by atoms with Crippen molar-refractivity contribution in [3.8, 4) is 0 Å². The number of hydrogen-bond acceptors (Lipinski definition) is 3. The largest absolute Gasteiger partial charge is 0.480 e. The van der Waals surface area contributed by atoms with Crippen LogP contribution in [0.1, 0.15) is 59.8 Å². The van der Waals surface area contributed by atoms with Gasteiger partial charge in [-0.1, -0.05) is 20.8 Å². The molecule has 0 aromatic carbocycles. The molecule has 4 heteroatoms. The van der Waals surface area contributed by atoms with E-state index < -0.39 is 11.5 Å². The van der Waals surface area contributed by atoms with Crippen molar-refractivity contribution < 1.29 is 9.90 Å². The summed E-state index contributed by atoms with van der Waals surface area (Å²) in [7, 11) is 0. The Hall–Kier alpha value is -0.610. The fraction of sp³-hybridized carbons (Fsp3) is 0.941. The predicted molar refractivity (Wildman–Crippen MR) is 85.4 cm³/mol. The molecule has 2 N–H and O–H groups in total. The normalized spacial score (nSPS) is 41.3. The Balaban J connectivity index is 2.07. The summed E-state index contributed by atoms with van der Waals surface area (Å²) >= 11 is 0. The number of nitrogens with one attached hydrogen (secondary N) is 1. The number of hydrogen-bond donors (Lipinski definition) is 2. The Labute approximate surface area is 129 Å². The van der Waals surface area contributed by atoms with Gasteiger partial charge in [-0.05, 0) is 57.4 Å². The molecule has 2 fully saturated rings. The lowest BCUT2D eigenvalue weighted by molar-refractivity contribution is -0.145. The molecule has 1 saturated carbocycles. The van der Waals surface area contributed by atoms with Crippen LogP contribution in [0.25, 0.3) is 0 Å². The van der Waals surface area contributed by atoms with E-state index in [9.17, 15) is 9.90 Å². The summed E-state index contributed by atoms with van der Waals surface area (Å²) in [5.41, 5.74) is -0.690. The van der Waals surface area contributed by atoms with Crippen LogP contribution in [-0.2, 0) is 4.79 Å². The monoisotopic (exact) mass is 296 g/mol. The van der Waals surface area contributed by atoms with Crippen molar-refractivity contribution in [2.75, 3.05) is 13.1 Å². The summed E-state index contributed by atoms with van der Waals surface area (Å²) in [6.45, 7) is 11.0. The number of carboxylic acids is 1. The number of aliphatic carboxylic acids is 1. The highest BCUT2D eigenvalue weighted by Crippen LogP contribution is 2.38. The first kappa shape index (κ1) is 16.8. The molecule has 2 rings (SSSR count). The molecule has 0 aromatic rings. The van der Waals surface area contributed by atoms with E-state index in [2.05, 4.69) is 37.9 Å². The van der Waals surface area contributed by atoms with E-state index in [0.29, 0.717) is 18.0 Å². The summed E-state index contributed by atoms with van der Waals surface area (Å²) in [4.78, 5) is 14.4. The summed E-state index contributed by atoms with van der Waals surface area (Å²) < 4.78 is 0. The lowest BCUT2D eigenvalue weighted by atomic mass is 9.84. The van der Waals surface area contributed by atoms with Crippen LogP contribution in [0.2, 0.25) is 0 Å². The minimum absolute atomic E-state index is 0.422. The van der Waals surface area contributed by atoms with Crippen molar-refractivity contribution in [3.63, 3.8) is 0 Å². The van der Waals surface area contributed by atoms with Crippen molar-refractivity contribution in [1.82, 2.24) is 10.2 Å². The molecule has 5 atom stereocenters. The van der Waals surface area contributed by atoms with Crippen LogP contribution in [0.5, 0.6) is 0 Å². The fourth-order valence-corrected chi connectivity index (χ4v) is 4.34. The van der Waals surface area contributed by atoms with Gasteiger partial charge in [-0.15, -0.1) is 0 Å². The van der Waals surface area contributed by atoms with E-state index in [4.69, 9.17) is 0 Å². The average molecular weight is 296 g/mol. The van der Waals surface area contributed by atoms with Crippen molar-refractivity contribution >= 4 is 5.97 Å². The zero-order chi connectivity index (χ0) is 15.6. The van der Waals surface area contributed by atoms with Gasteiger partial charge >= 0.3 is 5.97 Å². The smallest absolute Gasteiger partial charge is 0.323 e. The Morgan fingerprint density at radius 1 is 1.38 bits per heavy atom. The third-order valence-corrected chi connectivity index (χ3v) is 5.72. The van der Waals surface area contributed by atoms with Gasteiger partial charge in [-0.2, -0.15) is 0 Å². The van der Waals surface area contributed by atoms with Gasteiger partial charge in [-0.3, -0.25) is 9.69 Å².